The lowest BCUT2D eigenvalue weighted by atomic mass is 10.3. The zero-order valence-corrected chi connectivity index (χ0v) is 13.5. The van der Waals surface area contributed by atoms with Crippen molar-refractivity contribution >= 4 is 21.8 Å². The molecule has 0 aliphatic heterocycles. The van der Waals surface area contributed by atoms with Gasteiger partial charge < -0.3 is 14.6 Å². The predicted octanol–water partition coefficient (Wildman–Crippen LogP) is 3.38. The van der Waals surface area contributed by atoms with Crippen LogP contribution in [0.25, 0.3) is 0 Å². The second-order valence-electron chi connectivity index (χ2n) is 4.77. The van der Waals surface area contributed by atoms with Gasteiger partial charge in [0.15, 0.2) is 0 Å². The van der Waals surface area contributed by atoms with Gasteiger partial charge in [-0.05, 0) is 42.3 Å². The molecule has 1 rings (SSSR count). The number of nitrogens with zero attached hydrogens (tertiary/aromatic N) is 1. The highest BCUT2D eigenvalue weighted by Crippen LogP contribution is 2.19. The zero-order valence-electron chi connectivity index (χ0n) is 11.9. The molecule has 1 aromatic rings. The average Bonchev–Trinajstić information content (AvgIpc) is 2.76. The van der Waals surface area contributed by atoms with E-state index in [0.717, 1.165) is 23.9 Å². The van der Waals surface area contributed by atoms with Crippen LogP contribution in [-0.2, 0) is 4.74 Å². The van der Waals surface area contributed by atoms with Gasteiger partial charge in [-0.2, -0.15) is 0 Å². The first kappa shape index (κ1) is 16.2. The molecule has 1 N–H and O–H groups in total. The average molecular weight is 331 g/mol. The van der Waals surface area contributed by atoms with Crippen LogP contribution in [0.3, 0.4) is 0 Å². The topological polar surface area (TPSA) is 43.3 Å². The van der Waals surface area contributed by atoms with E-state index in [0.29, 0.717) is 18.8 Å². The summed E-state index contributed by atoms with van der Waals surface area (Å²) >= 11 is 3.40. The lowest BCUT2D eigenvalue weighted by Crippen LogP contribution is -2.29. The van der Waals surface area contributed by atoms with Gasteiger partial charge in [0, 0.05) is 29.9 Å². The molecule has 0 spiro atoms. The highest BCUT2D eigenvalue weighted by Gasteiger charge is 2.14. The smallest absolute Gasteiger partial charge is 0.268 e. The fraction of sp³-hybridized carbons (Fsp3) is 0.643. The molecular weight excluding hydrogens is 308 g/mol. The number of carbonyl (C=O) groups excluding carboxylic acids is 1. The number of hydrogen-bond donors (Lipinski definition) is 1. The number of halogens is 1. The Kier molecular flexibility index (Phi) is 7.16. The van der Waals surface area contributed by atoms with Crippen LogP contribution in [0.5, 0.6) is 0 Å². The largest absolute Gasteiger partial charge is 0.380 e. The summed E-state index contributed by atoms with van der Waals surface area (Å²) in [7, 11) is 0. The summed E-state index contributed by atoms with van der Waals surface area (Å²) < 4.78 is 8.29. The summed E-state index contributed by atoms with van der Waals surface area (Å²) in [4.78, 5) is 12.1. The minimum atomic E-state index is -0.0570. The molecule has 0 unspecified atom stereocenters. The summed E-state index contributed by atoms with van der Waals surface area (Å²) in [5.41, 5.74) is 0.676. The van der Waals surface area contributed by atoms with Crippen LogP contribution in [0.1, 0.15) is 50.1 Å². The van der Waals surface area contributed by atoms with E-state index < -0.39 is 0 Å². The minimum absolute atomic E-state index is 0.0570. The highest BCUT2D eigenvalue weighted by atomic mass is 79.9. The molecule has 1 heterocycles. The van der Waals surface area contributed by atoms with Crippen LogP contribution in [0.15, 0.2) is 16.7 Å². The van der Waals surface area contributed by atoms with Gasteiger partial charge in [-0.15, -0.1) is 0 Å². The molecule has 0 radical (unpaired) electrons. The fourth-order valence-corrected chi connectivity index (χ4v) is 2.17. The van der Waals surface area contributed by atoms with Gasteiger partial charge in [-0.3, -0.25) is 4.79 Å². The first-order valence-corrected chi connectivity index (χ1v) is 7.58. The van der Waals surface area contributed by atoms with E-state index in [2.05, 4.69) is 42.0 Å². The van der Waals surface area contributed by atoms with E-state index in [4.69, 9.17) is 4.74 Å². The summed E-state index contributed by atoms with van der Waals surface area (Å²) in [5.74, 6) is -0.0570. The van der Waals surface area contributed by atoms with Crippen molar-refractivity contribution in [3.63, 3.8) is 0 Å². The second-order valence-corrected chi connectivity index (χ2v) is 5.68. The van der Waals surface area contributed by atoms with Crippen molar-refractivity contribution in [1.29, 1.82) is 0 Å². The minimum Gasteiger partial charge on any atom is -0.380 e. The molecule has 0 saturated carbocycles. The van der Waals surface area contributed by atoms with E-state index in [9.17, 15) is 4.79 Å². The van der Waals surface area contributed by atoms with Crippen LogP contribution >= 0.6 is 15.9 Å². The lowest BCUT2D eigenvalue weighted by molar-refractivity contribution is 0.0902. The molecule has 1 amide bonds. The van der Waals surface area contributed by atoms with Crippen molar-refractivity contribution in [3.8, 4) is 0 Å². The third-order valence-corrected chi connectivity index (χ3v) is 3.21. The van der Waals surface area contributed by atoms with Crippen molar-refractivity contribution in [1.82, 2.24) is 9.88 Å². The maximum atomic E-state index is 12.1. The molecule has 0 fully saturated rings. The quantitative estimate of drug-likeness (QED) is 0.742. The maximum absolute atomic E-state index is 12.1. The van der Waals surface area contributed by atoms with Crippen LogP contribution in [0.2, 0.25) is 0 Å². The van der Waals surface area contributed by atoms with Gasteiger partial charge in [-0.1, -0.05) is 13.3 Å². The number of ether oxygens (including phenoxy) is 1. The molecular formula is C14H23BrN2O2. The van der Waals surface area contributed by atoms with E-state index >= 15 is 0 Å². The Morgan fingerprint density at radius 1 is 1.47 bits per heavy atom. The monoisotopic (exact) mass is 330 g/mol. The summed E-state index contributed by atoms with van der Waals surface area (Å²) in [5, 5.41) is 2.88. The third-order valence-electron chi connectivity index (χ3n) is 2.78. The normalized spacial score (nSPS) is 11.0. The van der Waals surface area contributed by atoms with Crippen molar-refractivity contribution < 1.29 is 9.53 Å². The van der Waals surface area contributed by atoms with Crippen LogP contribution in [0, 0.1) is 0 Å². The predicted molar refractivity (Wildman–Crippen MR) is 80.6 cm³/mol. The Labute approximate surface area is 123 Å². The standard InChI is InChI=1S/C14H23BrN2O2/c1-4-5-7-19-8-6-16-14(18)13-9-12(15)10-17(13)11(2)3/h9-11H,4-8H2,1-3H3,(H,16,18). The van der Waals surface area contributed by atoms with Crippen molar-refractivity contribution in [3.05, 3.63) is 22.4 Å². The number of amides is 1. The molecule has 108 valence electrons. The molecule has 0 bridgehead atoms. The van der Waals surface area contributed by atoms with E-state index in [-0.39, 0.29) is 11.9 Å². The van der Waals surface area contributed by atoms with E-state index in [1.807, 2.05) is 16.8 Å². The molecule has 0 aliphatic rings. The molecule has 0 saturated heterocycles. The second kappa shape index (κ2) is 8.38. The number of hydrogen-bond acceptors (Lipinski definition) is 2. The molecule has 4 nitrogen and oxygen atoms in total. The summed E-state index contributed by atoms with van der Waals surface area (Å²) in [6.07, 6.45) is 4.12. The summed E-state index contributed by atoms with van der Waals surface area (Å²) in [6.45, 7) is 8.11. The Balaban J connectivity index is 2.41. The van der Waals surface area contributed by atoms with Gasteiger partial charge in [0.05, 0.1) is 6.61 Å². The van der Waals surface area contributed by atoms with Gasteiger partial charge in [0.1, 0.15) is 5.69 Å². The van der Waals surface area contributed by atoms with E-state index in [1.165, 1.54) is 0 Å². The van der Waals surface area contributed by atoms with Crippen LogP contribution in [0.4, 0.5) is 0 Å². The van der Waals surface area contributed by atoms with Crippen molar-refractivity contribution in [2.45, 2.75) is 39.7 Å². The third kappa shape index (κ3) is 5.37. The van der Waals surface area contributed by atoms with Gasteiger partial charge in [0.2, 0.25) is 0 Å². The zero-order chi connectivity index (χ0) is 14.3. The Hall–Kier alpha value is -0.810. The number of aromatic nitrogens is 1. The van der Waals surface area contributed by atoms with Crippen LogP contribution < -0.4 is 5.32 Å². The summed E-state index contributed by atoms with van der Waals surface area (Å²) in [6, 6.07) is 2.10. The van der Waals surface area contributed by atoms with Crippen molar-refractivity contribution in [2.75, 3.05) is 19.8 Å². The molecule has 0 aromatic carbocycles. The van der Waals surface area contributed by atoms with Crippen LogP contribution in [-0.4, -0.2) is 30.2 Å². The Bertz CT molecular complexity index is 402. The Morgan fingerprint density at radius 3 is 2.84 bits per heavy atom. The molecule has 5 heteroatoms. The van der Waals surface area contributed by atoms with Gasteiger partial charge >= 0.3 is 0 Å². The maximum Gasteiger partial charge on any atom is 0.268 e. The molecule has 19 heavy (non-hydrogen) atoms. The number of carbonyl (C=O) groups is 1. The highest BCUT2D eigenvalue weighted by molar-refractivity contribution is 9.10. The Morgan fingerprint density at radius 2 is 2.21 bits per heavy atom. The van der Waals surface area contributed by atoms with Crippen molar-refractivity contribution in [2.24, 2.45) is 0 Å². The first-order chi connectivity index (χ1) is 9.06. The number of unbranched alkanes of at least 4 members (excludes halogenated alkanes) is 1. The number of nitrogens with one attached hydrogen (secondary N) is 1. The first-order valence-electron chi connectivity index (χ1n) is 6.79. The van der Waals surface area contributed by atoms with E-state index in [1.54, 1.807) is 0 Å². The molecule has 0 aliphatic carbocycles. The SMILES string of the molecule is CCCCOCCNC(=O)c1cc(Br)cn1C(C)C. The fourth-order valence-electron chi connectivity index (χ4n) is 1.73. The lowest BCUT2D eigenvalue weighted by Gasteiger charge is -2.12. The molecule has 1 aromatic heterocycles. The number of rotatable bonds is 8. The molecule has 0 atom stereocenters. The van der Waals surface area contributed by atoms with Gasteiger partial charge in [-0.25, -0.2) is 0 Å². The van der Waals surface area contributed by atoms with Gasteiger partial charge in [0.25, 0.3) is 5.91 Å².